The summed E-state index contributed by atoms with van der Waals surface area (Å²) < 4.78 is 5.57. The summed E-state index contributed by atoms with van der Waals surface area (Å²) in [6, 6.07) is 0.177. The van der Waals surface area contributed by atoms with Crippen molar-refractivity contribution in [2.75, 3.05) is 19.7 Å². The Balaban J connectivity index is 2.10. The van der Waals surface area contributed by atoms with Gasteiger partial charge in [-0.25, -0.2) is 0 Å². The van der Waals surface area contributed by atoms with E-state index in [0.717, 1.165) is 19.5 Å². The Morgan fingerprint density at radius 2 is 2.24 bits per heavy atom. The van der Waals surface area contributed by atoms with Gasteiger partial charge in [-0.15, -0.1) is 0 Å². The SMILES string of the molecule is CC(C)NC(=O)C(C)OCCC1CCCNC1. The van der Waals surface area contributed by atoms with E-state index in [4.69, 9.17) is 4.74 Å². The van der Waals surface area contributed by atoms with Crippen LogP contribution in [-0.2, 0) is 9.53 Å². The zero-order valence-corrected chi connectivity index (χ0v) is 11.3. The summed E-state index contributed by atoms with van der Waals surface area (Å²) >= 11 is 0. The van der Waals surface area contributed by atoms with E-state index in [9.17, 15) is 4.79 Å². The van der Waals surface area contributed by atoms with E-state index < -0.39 is 0 Å². The van der Waals surface area contributed by atoms with Crippen LogP contribution in [0.2, 0.25) is 0 Å². The fourth-order valence-electron chi connectivity index (χ4n) is 2.06. The highest BCUT2D eigenvalue weighted by molar-refractivity contribution is 5.80. The first kappa shape index (κ1) is 14.5. The van der Waals surface area contributed by atoms with Crippen LogP contribution in [0.25, 0.3) is 0 Å². The molecule has 0 spiro atoms. The molecular formula is C13H26N2O2. The lowest BCUT2D eigenvalue weighted by atomic mass is 9.97. The Kier molecular flexibility index (Phi) is 6.52. The van der Waals surface area contributed by atoms with Crippen molar-refractivity contribution in [2.24, 2.45) is 5.92 Å². The quantitative estimate of drug-likeness (QED) is 0.738. The molecule has 0 radical (unpaired) electrons. The van der Waals surface area contributed by atoms with Crippen LogP contribution in [0, 0.1) is 5.92 Å². The number of carbonyl (C=O) groups is 1. The van der Waals surface area contributed by atoms with Gasteiger partial charge < -0.3 is 15.4 Å². The highest BCUT2D eigenvalue weighted by Crippen LogP contribution is 2.14. The van der Waals surface area contributed by atoms with E-state index in [0.29, 0.717) is 12.5 Å². The molecule has 0 bridgehead atoms. The Labute approximate surface area is 104 Å². The van der Waals surface area contributed by atoms with Crippen molar-refractivity contribution in [3.63, 3.8) is 0 Å². The molecule has 2 unspecified atom stereocenters. The van der Waals surface area contributed by atoms with Crippen LogP contribution in [0.4, 0.5) is 0 Å². The number of piperidine rings is 1. The van der Waals surface area contributed by atoms with Crippen LogP contribution in [0.5, 0.6) is 0 Å². The third-order valence-corrected chi connectivity index (χ3v) is 3.09. The lowest BCUT2D eigenvalue weighted by molar-refractivity contribution is -0.132. The average molecular weight is 242 g/mol. The zero-order chi connectivity index (χ0) is 12.7. The molecule has 1 fully saturated rings. The predicted molar refractivity (Wildman–Crippen MR) is 68.9 cm³/mol. The molecule has 2 atom stereocenters. The van der Waals surface area contributed by atoms with Crippen molar-refractivity contribution in [3.8, 4) is 0 Å². The molecule has 0 aliphatic carbocycles. The first-order valence-electron chi connectivity index (χ1n) is 6.72. The maximum atomic E-state index is 11.6. The number of hydrogen-bond acceptors (Lipinski definition) is 3. The number of nitrogens with one attached hydrogen (secondary N) is 2. The normalized spacial score (nSPS) is 22.5. The summed E-state index contributed by atoms with van der Waals surface area (Å²) in [5.74, 6) is 0.700. The summed E-state index contributed by atoms with van der Waals surface area (Å²) in [6.07, 6.45) is 3.25. The third-order valence-electron chi connectivity index (χ3n) is 3.09. The molecule has 0 aromatic heterocycles. The molecule has 100 valence electrons. The molecule has 1 amide bonds. The van der Waals surface area contributed by atoms with Gasteiger partial charge in [0.2, 0.25) is 5.91 Å². The van der Waals surface area contributed by atoms with Crippen LogP contribution < -0.4 is 10.6 Å². The lowest BCUT2D eigenvalue weighted by Gasteiger charge is -2.23. The summed E-state index contributed by atoms with van der Waals surface area (Å²) in [7, 11) is 0. The summed E-state index contributed by atoms with van der Waals surface area (Å²) in [4.78, 5) is 11.6. The van der Waals surface area contributed by atoms with Gasteiger partial charge in [0, 0.05) is 12.6 Å². The summed E-state index contributed by atoms with van der Waals surface area (Å²) in [5.41, 5.74) is 0. The number of amides is 1. The van der Waals surface area contributed by atoms with Crippen LogP contribution in [0.15, 0.2) is 0 Å². The maximum Gasteiger partial charge on any atom is 0.249 e. The second-order valence-corrected chi connectivity index (χ2v) is 5.18. The molecule has 1 aliphatic heterocycles. The molecule has 4 heteroatoms. The zero-order valence-electron chi connectivity index (χ0n) is 11.3. The predicted octanol–water partition coefficient (Wildman–Crippen LogP) is 1.31. The first-order valence-corrected chi connectivity index (χ1v) is 6.72. The Hall–Kier alpha value is -0.610. The second kappa shape index (κ2) is 7.67. The number of ether oxygens (including phenoxy) is 1. The van der Waals surface area contributed by atoms with Crippen LogP contribution in [-0.4, -0.2) is 37.7 Å². The van der Waals surface area contributed by atoms with Crippen molar-refractivity contribution in [2.45, 2.75) is 52.2 Å². The van der Waals surface area contributed by atoms with E-state index in [1.807, 2.05) is 20.8 Å². The standard InChI is InChI=1S/C13H26N2O2/c1-10(2)15-13(16)11(3)17-8-6-12-5-4-7-14-9-12/h10-12,14H,4-9H2,1-3H3,(H,15,16). The molecular weight excluding hydrogens is 216 g/mol. The largest absolute Gasteiger partial charge is 0.369 e. The monoisotopic (exact) mass is 242 g/mol. The molecule has 0 saturated carbocycles. The Morgan fingerprint density at radius 3 is 2.82 bits per heavy atom. The van der Waals surface area contributed by atoms with Gasteiger partial charge in [0.05, 0.1) is 0 Å². The van der Waals surface area contributed by atoms with E-state index in [-0.39, 0.29) is 18.1 Å². The fourth-order valence-corrected chi connectivity index (χ4v) is 2.06. The minimum absolute atomic E-state index is 0.0123. The Bertz CT molecular complexity index is 225. The molecule has 1 saturated heterocycles. The van der Waals surface area contributed by atoms with Crippen molar-refractivity contribution in [1.29, 1.82) is 0 Å². The van der Waals surface area contributed by atoms with Crippen molar-refractivity contribution in [1.82, 2.24) is 10.6 Å². The van der Waals surface area contributed by atoms with E-state index in [1.54, 1.807) is 0 Å². The highest BCUT2D eigenvalue weighted by atomic mass is 16.5. The third kappa shape index (κ3) is 6.03. The van der Waals surface area contributed by atoms with Gasteiger partial charge in [-0.3, -0.25) is 4.79 Å². The summed E-state index contributed by atoms with van der Waals surface area (Å²) in [6.45, 7) is 8.65. The number of carbonyl (C=O) groups excluding carboxylic acids is 1. The van der Waals surface area contributed by atoms with Gasteiger partial charge in [-0.2, -0.15) is 0 Å². The molecule has 17 heavy (non-hydrogen) atoms. The highest BCUT2D eigenvalue weighted by Gasteiger charge is 2.16. The van der Waals surface area contributed by atoms with Crippen molar-refractivity contribution in [3.05, 3.63) is 0 Å². The van der Waals surface area contributed by atoms with Gasteiger partial charge in [-0.1, -0.05) is 0 Å². The van der Waals surface area contributed by atoms with Gasteiger partial charge in [0.1, 0.15) is 6.10 Å². The average Bonchev–Trinajstić information content (AvgIpc) is 2.29. The number of hydrogen-bond donors (Lipinski definition) is 2. The maximum absolute atomic E-state index is 11.6. The second-order valence-electron chi connectivity index (χ2n) is 5.18. The molecule has 4 nitrogen and oxygen atoms in total. The van der Waals surface area contributed by atoms with Gasteiger partial charge in [0.15, 0.2) is 0 Å². The minimum Gasteiger partial charge on any atom is -0.369 e. The molecule has 0 aromatic rings. The van der Waals surface area contributed by atoms with Crippen LogP contribution in [0.1, 0.15) is 40.0 Å². The molecule has 0 aromatic carbocycles. The lowest BCUT2D eigenvalue weighted by Crippen LogP contribution is -2.39. The van der Waals surface area contributed by atoms with Crippen molar-refractivity contribution < 1.29 is 9.53 Å². The molecule has 2 N–H and O–H groups in total. The fraction of sp³-hybridized carbons (Fsp3) is 0.923. The topological polar surface area (TPSA) is 50.4 Å². The van der Waals surface area contributed by atoms with Crippen LogP contribution >= 0.6 is 0 Å². The molecule has 1 rings (SSSR count). The van der Waals surface area contributed by atoms with Crippen LogP contribution in [0.3, 0.4) is 0 Å². The molecule has 1 heterocycles. The Morgan fingerprint density at radius 1 is 1.47 bits per heavy atom. The number of rotatable bonds is 6. The van der Waals surface area contributed by atoms with Gasteiger partial charge in [-0.05, 0) is 59.0 Å². The summed E-state index contributed by atoms with van der Waals surface area (Å²) in [5, 5.41) is 6.24. The smallest absolute Gasteiger partial charge is 0.249 e. The van der Waals surface area contributed by atoms with E-state index >= 15 is 0 Å². The van der Waals surface area contributed by atoms with E-state index in [1.165, 1.54) is 12.8 Å². The minimum atomic E-state index is -0.339. The molecule has 1 aliphatic rings. The van der Waals surface area contributed by atoms with Gasteiger partial charge >= 0.3 is 0 Å². The van der Waals surface area contributed by atoms with Crippen molar-refractivity contribution >= 4 is 5.91 Å². The van der Waals surface area contributed by atoms with Gasteiger partial charge in [0.25, 0.3) is 0 Å². The first-order chi connectivity index (χ1) is 8.09. The van der Waals surface area contributed by atoms with E-state index in [2.05, 4.69) is 10.6 Å².